The maximum atomic E-state index is 12.2. The highest BCUT2D eigenvalue weighted by atomic mass is 32.1. The first-order valence-corrected chi connectivity index (χ1v) is 8.19. The van der Waals surface area contributed by atoms with Crippen LogP contribution in [0.2, 0.25) is 0 Å². The summed E-state index contributed by atoms with van der Waals surface area (Å²) in [5, 5.41) is 12.1. The number of anilines is 1. The predicted molar refractivity (Wildman–Crippen MR) is 86.7 cm³/mol. The highest BCUT2D eigenvalue weighted by Crippen LogP contribution is 2.17. The zero-order valence-corrected chi connectivity index (χ0v) is 13.9. The zero-order valence-electron chi connectivity index (χ0n) is 13.1. The lowest BCUT2D eigenvalue weighted by Crippen LogP contribution is -2.32. The van der Waals surface area contributed by atoms with Gasteiger partial charge in [-0.1, -0.05) is 25.2 Å². The van der Waals surface area contributed by atoms with Crippen molar-refractivity contribution in [3.05, 3.63) is 23.2 Å². The quantitative estimate of drug-likeness (QED) is 0.757. The fourth-order valence-corrected chi connectivity index (χ4v) is 2.84. The number of nitrogens with one attached hydrogen (secondary N) is 1. The van der Waals surface area contributed by atoms with Crippen molar-refractivity contribution in [1.29, 1.82) is 0 Å². The van der Waals surface area contributed by atoms with Crippen molar-refractivity contribution in [2.24, 2.45) is 0 Å². The summed E-state index contributed by atoms with van der Waals surface area (Å²) in [5.74, 6) is 1.21. The summed E-state index contributed by atoms with van der Waals surface area (Å²) in [7, 11) is 0. The Labute approximate surface area is 134 Å². The molecular formula is C14H22N6OS. The van der Waals surface area contributed by atoms with Crippen LogP contribution in [0.1, 0.15) is 50.0 Å². The van der Waals surface area contributed by atoms with Crippen molar-refractivity contribution in [3.8, 4) is 0 Å². The number of hydrogen-bond acceptors (Lipinski definition) is 6. The molecule has 22 heavy (non-hydrogen) atoms. The van der Waals surface area contributed by atoms with Gasteiger partial charge in [0.05, 0.1) is 0 Å². The van der Waals surface area contributed by atoms with Crippen molar-refractivity contribution < 1.29 is 4.79 Å². The molecule has 0 aliphatic rings. The summed E-state index contributed by atoms with van der Waals surface area (Å²) in [6.45, 7) is 6.62. The Morgan fingerprint density at radius 2 is 2.18 bits per heavy atom. The van der Waals surface area contributed by atoms with Gasteiger partial charge in [0.15, 0.2) is 0 Å². The number of carbonyl (C=O) groups excluding carboxylic acids is 1. The van der Waals surface area contributed by atoms with E-state index in [1.165, 1.54) is 11.3 Å². The van der Waals surface area contributed by atoms with E-state index in [0.717, 1.165) is 23.7 Å². The second-order valence-corrected chi connectivity index (χ2v) is 6.55. The Bertz CT molecular complexity index is 620. The molecule has 8 heteroatoms. The van der Waals surface area contributed by atoms with E-state index in [0.29, 0.717) is 11.7 Å². The van der Waals surface area contributed by atoms with Crippen LogP contribution in [0.3, 0.4) is 0 Å². The van der Waals surface area contributed by atoms with Gasteiger partial charge in [0.1, 0.15) is 16.9 Å². The number of rotatable bonds is 7. The van der Waals surface area contributed by atoms with Gasteiger partial charge < -0.3 is 15.6 Å². The molecule has 2 aromatic rings. The van der Waals surface area contributed by atoms with Gasteiger partial charge in [0.2, 0.25) is 11.0 Å². The van der Waals surface area contributed by atoms with Crippen molar-refractivity contribution in [2.75, 3.05) is 12.3 Å². The summed E-state index contributed by atoms with van der Waals surface area (Å²) in [5.41, 5.74) is 5.53. The van der Waals surface area contributed by atoms with Crippen LogP contribution >= 0.6 is 11.3 Å². The molecule has 2 aromatic heterocycles. The fraction of sp³-hybridized carbons (Fsp3) is 0.571. The molecule has 0 saturated heterocycles. The summed E-state index contributed by atoms with van der Waals surface area (Å²) < 4.78 is 1.92. The van der Waals surface area contributed by atoms with E-state index >= 15 is 0 Å². The van der Waals surface area contributed by atoms with E-state index in [-0.39, 0.29) is 17.9 Å². The van der Waals surface area contributed by atoms with Crippen LogP contribution in [-0.4, -0.2) is 32.2 Å². The maximum absolute atomic E-state index is 12.2. The largest absolute Gasteiger partial charge is 0.374 e. The van der Waals surface area contributed by atoms with Gasteiger partial charge in [-0.2, -0.15) is 0 Å². The standard InChI is InChI=1S/C14H22N6OS/c1-9(2)12-16-7-8-20(12)10(3)13(21)17-6-4-5-11-18-19-14(15)22-11/h7-10H,4-6H2,1-3H3,(H2,15,19)(H,17,21)/t10-/m1/s1. The Morgan fingerprint density at radius 1 is 1.41 bits per heavy atom. The van der Waals surface area contributed by atoms with E-state index in [2.05, 4.69) is 34.3 Å². The molecule has 0 aliphatic heterocycles. The number of carbonyl (C=O) groups is 1. The maximum Gasteiger partial charge on any atom is 0.242 e. The molecule has 0 aliphatic carbocycles. The van der Waals surface area contributed by atoms with E-state index in [1.807, 2.05) is 17.7 Å². The summed E-state index contributed by atoms with van der Waals surface area (Å²) >= 11 is 1.39. The number of imidazole rings is 1. The average molecular weight is 322 g/mol. The highest BCUT2D eigenvalue weighted by molar-refractivity contribution is 7.15. The Balaban J connectivity index is 1.80. The third-order valence-electron chi connectivity index (χ3n) is 3.36. The fourth-order valence-electron chi connectivity index (χ4n) is 2.19. The monoisotopic (exact) mass is 322 g/mol. The lowest BCUT2D eigenvalue weighted by atomic mass is 10.2. The molecule has 3 N–H and O–H groups in total. The van der Waals surface area contributed by atoms with Crippen LogP contribution in [-0.2, 0) is 11.2 Å². The third kappa shape index (κ3) is 4.03. The van der Waals surface area contributed by atoms with E-state index in [1.54, 1.807) is 6.20 Å². The van der Waals surface area contributed by atoms with Crippen LogP contribution < -0.4 is 11.1 Å². The second kappa shape index (κ2) is 7.35. The Hall–Kier alpha value is -1.96. The van der Waals surface area contributed by atoms with Gasteiger partial charge in [-0.3, -0.25) is 4.79 Å². The number of amides is 1. The van der Waals surface area contributed by atoms with Gasteiger partial charge in [-0.15, -0.1) is 10.2 Å². The first-order chi connectivity index (χ1) is 10.5. The lowest BCUT2D eigenvalue weighted by molar-refractivity contribution is -0.123. The number of nitrogens with zero attached hydrogens (tertiary/aromatic N) is 4. The second-order valence-electron chi connectivity index (χ2n) is 5.45. The van der Waals surface area contributed by atoms with Crippen molar-refractivity contribution >= 4 is 22.4 Å². The Kier molecular flexibility index (Phi) is 5.48. The van der Waals surface area contributed by atoms with Crippen molar-refractivity contribution in [3.63, 3.8) is 0 Å². The molecule has 0 radical (unpaired) electrons. The lowest BCUT2D eigenvalue weighted by Gasteiger charge is -2.17. The van der Waals surface area contributed by atoms with Crippen LogP contribution in [0.5, 0.6) is 0 Å². The molecule has 7 nitrogen and oxygen atoms in total. The third-order valence-corrected chi connectivity index (χ3v) is 4.17. The molecule has 0 unspecified atom stereocenters. The van der Waals surface area contributed by atoms with Gasteiger partial charge in [0, 0.05) is 31.3 Å². The molecule has 0 bridgehead atoms. The molecule has 120 valence electrons. The smallest absolute Gasteiger partial charge is 0.242 e. The van der Waals surface area contributed by atoms with Crippen LogP contribution in [0.25, 0.3) is 0 Å². The van der Waals surface area contributed by atoms with Crippen LogP contribution in [0.15, 0.2) is 12.4 Å². The topological polar surface area (TPSA) is 98.7 Å². The highest BCUT2D eigenvalue weighted by Gasteiger charge is 2.18. The molecule has 0 spiro atoms. The number of aromatic nitrogens is 4. The van der Waals surface area contributed by atoms with Gasteiger partial charge in [0.25, 0.3) is 0 Å². The van der Waals surface area contributed by atoms with Gasteiger partial charge >= 0.3 is 0 Å². The first-order valence-electron chi connectivity index (χ1n) is 7.37. The first kappa shape index (κ1) is 16.4. The molecule has 1 amide bonds. The molecule has 0 saturated carbocycles. The van der Waals surface area contributed by atoms with Crippen LogP contribution in [0, 0.1) is 0 Å². The predicted octanol–water partition coefficient (Wildman–Crippen LogP) is 1.75. The Morgan fingerprint density at radius 3 is 2.82 bits per heavy atom. The number of nitrogens with two attached hydrogens (primary N) is 1. The normalized spacial score (nSPS) is 12.5. The minimum atomic E-state index is -0.267. The van der Waals surface area contributed by atoms with E-state index in [4.69, 9.17) is 5.73 Å². The van der Waals surface area contributed by atoms with E-state index in [9.17, 15) is 4.79 Å². The summed E-state index contributed by atoms with van der Waals surface area (Å²) in [6, 6.07) is -0.267. The van der Waals surface area contributed by atoms with Crippen molar-refractivity contribution in [2.45, 2.75) is 45.6 Å². The molecule has 2 heterocycles. The van der Waals surface area contributed by atoms with Gasteiger partial charge in [-0.05, 0) is 13.3 Å². The molecule has 0 aromatic carbocycles. The minimum Gasteiger partial charge on any atom is -0.374 e. The molecule has 0 fully saturated rings. The van der Waals surface area contributed by atoms with E-state index < -0.39 is 0 Å². The average Bonchev–Trinajstić information content (AvgIpc) is 3.11. The molecular weight excluding hydrogens is 300 g/mol. The number of nitrogen functional groups attached to an aromatic ring is 1. The molecule has 1 atom stereocenters. The SMILES string of the molecule is CC(C)c1nccn1[C@H](C)C(=O)NCCCc1nnc(N)s1. The van der Waals surface area contributed by atoms with Crippen molar-refractivity contribution in [1.82, 2.24) is 25.1 Å². The zero-order chi connectivity index (χ0) is 16.1. The summed E-state index contributed by atoms with van der Waals surface area (Å²) in [6.07, 6.45) is 5.17. The number of aryl methyl sites for hydroxylation is 1. The summed E-state index contributed by atoms with van der Waals surface area (Å²) in [4.78, 5) is 16.5. The van der Waals surface area contributed by atoms with Crippen LogP contribution in [0.4, 0.5) is 5.13 Å². The van der Waals surface area contributed by atoms with Gasteiger partial charge in [-0.25, -0.2) is 4.98 Å². The minimum absolute atomic E-state index is 0.00308. The number of hydrogen-bond donors (Lipinski definition) is 2. The molecule has 2 rings (SSSR count).